The molecule has 0 amide bonds. The number of pyridine rings is 1. The van der Waals surface area contributed by atoms with Gasteiger partial charge in [-0.1, -0.05) is 39.8 Å². The fourth-order valence-electron chi connectivity index (χ4n) is 1.27. The Bertz CT molecular complexity index is 461. The Labute approximate surface area is 118 Å². The molecule has 0 N–H and O–H groups in total. The lowest BCUT2D eigenvalue weighted by molar-refractivity contribution is 0.627. The zero-order chi connectivity index (χ0) is 12.6. The van der Waals surface area contributed by atoms with Gasteiger partial charge in [0.2, 0.25) is 0 Å². The molecule has 0 saturated heterocycles. The predicted octanol–water partition coefficient (Wildman–Crippen LogP) is 4.95. The van der Waals surface area contributed by atoms with E-state index < -0.39 is 0 Å². The average molecular weight is 297 g/mol. The first kappa shape index (κ1) is 13.8. The van der Waals surface area contributed by atoms with E-state index in [1.165, 1.54) is 12.1 Å². The molecule has 0 unspecified atom stereocenters. The summed E-state index contributed by atoms with van der Waals surface area (Å²) in [7, 11) is 5.28. The van der Waals surface area contributed by atoms with Crippen LogP contribution in [0.4, 0.5) is 4.39 Å². The molecule has 0 saturated carbocycles. The zero-order valence-electron chi connectivity index (χ0n) is 9.58. The van der Waals surface area contributed by atoms with Gasteiger partial charge in [-0.3, -0.25) is 4.98 Å². The third kappa shape index (κ3) is 4.92. The van der Waals surface area contributed by atoms with Crippen LogP contribution in [0.5, 0.6) is 0 Å². The first-order chi connectivity index (χ1) is 8.84. The number of rotatable bonds is 6. The van der Waals surface area contributed by atoms with Gasteiger partial charge in [0.25, 0.3) is 0 Å². The summed E-state index contributed by atoms with van der Waals surface area (Å²) < 4.78 is 12.7. The van der Waals surface area contributed by atoms with Crippen LogP contribution in [0.3, 0.4) is 0 Å². The van der Waals surface area contributed by atoms with Crippen molar-refractivity contribution in [3.8, 4) is 0 Å². The van der Waals surface area contributed by atoms with Crippen LogP contribution in [-0.2, 0) is 11.5 Å². The second kappa shape index (κ2) is 7.71. The van der Waals surface area contributed by atoms with Crippen molar-refractivity contribution in [3.05, 3.63) is 65.7 Å². The third-order valence-corrected chi connectivity index (χ3v) is 6.24. The molecule has 0 aliphatic heterocycles. The van der Waals surface area contributed by atoms with Crippen LogP contribution in [0.1, 0.15) is 11.3 Å². The number of benzene rings is 1. The van der Waals surface area contributed by atoms with Gasteiger partial charge in [0, 0.05) is 17.7 Å². The minimum Gasteiger partial charge on any atom is -0.260 e. The smallest absolute Gasteiger partial charge is 0.123 e. The highest BCUT2D eigenvalue weighted by Gasteiger charge is 1.97. The van der Waals surface area contributed by atoms with Crippen molar-refractivity contribution in [1.29, 1.82) is 0 Å². The SMILES string of the molecule is Fc1ccc(CSSSCc2ccccn2)cc1. The maximum atomic E-state index is 12.7. The van der Waals surface area contributed by atoms with Crippen molar-refractivity contribution >= 4 is 31.4 Å². The van der Waals surface area contributed by atoms with Crippen LogP contribution in [0.2, 0.25) is 0 Å². The molecule has 0 aliphatic carbocycles. The second-order valence-corrected chi connectivity index (χ2v) is 7.77. The summed E-state index contributed by atoms with van der Waals surface area (Å²) in [6, 6.07) is 12.6. The standard InChI is InChI=1S/C13H12FNS3/c14-12-6-4-11(5-7-12)9-16-18-17-10-13-3-1-2-8-15-13/h1-8H,9-10H2. The predicted molar refractivity (Wildman–Crippen MR) is 80.8 cm³/mol. The molecule has 0 aliphatic rings. The highest BCUT2D eigenvalue weighted by molar-refractivity contribution is 9.09. The summed E-state index contributed by atoms with van der Waals surface area (Å²) in [6.45, 7) is 0. The van der Waals surface area contributed by atoms with Crippen molar-refractivity contribution in [2.24, 2.45) is 0 Å². The molecular formula is C13H12FNS3. The van der Waals surface area contributed by atoms with Gasteiger partial charge < -0.3 is 0 Å². The molecule has 0 atom stereocenters. The van der Waals surface area contributed by atoms with Gasteiger partial charge in [0.15, 0.2) is 0 Å². The van der Waals surface area contributed by atoms with E-state index in [0.29, 0.717) is 0 Å². The fraction of sp³-hybridized carbons (Fsp3) is 0.154. The van der Waals surface area contributed by atoms with Crippen molar-refractivity contribution in [2.45, 2.75) is 11.5 Å². The van der Waals surface area contributed by atoms with Gasteiger partial charge in [-0.2, -0.15) is 0 Å². The lowest BCUT2D eigenvalue weighted by atomic mass is 10.2. The summed E-state index contributed by atoms with van der Waals surface area (Å²) in [5.74, 6) is 1.61. The largest absolute Gasteiger partial charge is 0.260 e. The molecule has 1 aromatic heterocycles. The number of nitrogens with zero attached hydrogens (tertiary/aromatic N) is 1. The van der Waals surface area contributed by atoms with Gasteiger partial charge in [-0.25, -0.2) is 4.39 Å². The molecule has 1 aromatic carbocycles. The van der Waals surface area contributed by atoms with Crippen molar-refractivity contribution in [3.63, 3.8) is 0 Å². The lowest BCUT2D eigenvalue weighted by Gasteiger charge is -2.01. The van der Waals surface area contributed by atoms with Crippen molar-refractivity contribution in [1.82, 2.24) is 4.98 Å². The number of halogens is 1. The lowest BCUT2D eigenvalue weighted by Crippen LogP contribution is -1.82. The van der Waals surface area contributed by atoms with Gasteiger partial charge in [0.05, 0.1) is 5.69 Å². The van der Waals surface area contributed by atoms with Crippen molar-refractivity contribution in [2.75, 3.05) is 0 Å². The molecule has 2 aromatic rings. The molecule has 0 spiro atoms. The van der Waals surface area contributed by atoms with E-state index in [4.69, 9.17) is 0 Å². The normalized spacial score (nSPS) is 10.5. The van der Waals surface area contributed by atoms with E-state index in [9.17, 15) is 4.39 Å². The van der Waals surface area contributed by atoms with Crippen LogP contribution < -0.4 is 0 Å². The van der Waals surface area contributed by atoms with Crippen molar-refractivity contribution < 1.29 is 4.39 Å². The van der Waals surface area contributed by atoms with E-state index in [-0.39, 0.29) is 5.82 Å². The Morgan fingerprint density at radius 2 is 1.72 bits per heavy atom. The molecule has 1 nitrogen and oxygen atoms in total. The molecule has 1 heterocycles. The van der Waals surface area contributed by atoms with E-state index in [2.05, 4.69) is 4.98 Å². The monoisotopic (exact) mass is 297 g/mol. The summed E-state index contributed by atoms with van der Waals surface area (Å²) in [5, 5.41) is 0. The van der Waals surface area contributed by atoms with Crippen LogP contribution in [0, 0.1) is 5.82 Å². The van der Waals surface area contributed by atoms with Crippen LogP contribution >= 0.6 is 31.4 Å². The Morgan fingerprint density at radius 3 is 2.44 bits per heavy atom. The van der Waals surface area contributed by atoms with Gasteiger partial charge >= 0.3 is 0 Å². The van der Waals surface area contributed by atoms with Gasteiger partial charge in [-0.15, -0.1) is 0 Å². The molecule has 0 bridgehead atoms. The number of hydrogen-bond donors (Lipinski definition) is 0. The Morgan fingerprint density at radius 1 is 0.944 bits per heavy atom. The Hall–Kier alpha value is -0.650. The molecule has 2 rings (SSSR count). The third-order valence-electron chi connectivity index (χ3n) is 2.17. The molecule has 0 fully saturated rings. The highest BCUT2D eigenvalue weighted by atomic mass is 33.5. The van der Waals surface area contributed by atoms with Crippen LogP contribution in [0.25, 0.3) is 0 Å². The fourth-order valence-corrected chi connectivity index (χ4v) is 4.80. The first-order valence-electron chi connectivity index (χ1n) is 5.40. The Balaban J connectivity index is 1.63. The summed E-state index contributed by atoms with van der Waals surface area (Å²) >= 11 is 0. The van der Waals surface area contributed by atoms with E-state index in [1.807, 2.05) is 36.5 Å². The first-order valence-corrected chi connectivity index (χ1v) is 9.22. The van der Waals surface area contributed by atoms with Gasteiger partial charge in [-0.05, 0) is 39.7 Å². The topological polar surface area (TPSA) is 12.9 Å². The maximum absolute atomic E-state index is 12.7. The van der Waals surface area contributed by atoms with Crippen LogP contribution in [-0.4, -0.2) is 4.98 Å². The Kier molecular flexibility index (Phi) is 5.90. The summed E-state index contributed by atoms with van der Waals surface area (Å²) in [5.41, 5.74) is 2.24. The van der Waals surface area contributed by atoms with E-state index in [1.54, 1.807) is 31.4 Å². The summed E-state index contributed by atoms with van der Waals surface area (Å²) in [6.07, 6.45) is 1.81. The molecular weight excluding hydrogens is 285 g/mol. The number of hydrogen-bond acceptors (Lipinski definition) is 4. The van der Waals surface area contributed by atoms with E-state index in [0.717, 1.165) is 22.8 Å². The highest BCUT2D eigenvalue weighted by Crippen LogP contribution is 2.38. The molecule has 94 valence electrons. The quantitative estimate of drug-likeness (QED) is 0.552. The minimum absolute atomic E-state index is 0.180. The zero-order valence-corrected chi connectivity index (χ0v) is 12.0. The maximum Gasteiger partial charge on any atom is 0.123 e. The van der Waals surface area contributed by atoms with Crippen LogP contribution in [0.15, 0.2) is 48.7 Å². The molecule has 0 radical (unpaired) electrons. The minimum atomic E-state index is -0.180. The number of aromatic nitrogens is 1. The second-order valence-electron chi connectivity index (χ2n) is 3.54. The molecule has 18 heavy (non-hydrogen) atoms. The molecule has 5 heteroatoms. The average Bonchev–Trinajstić information content (AvgIpc) is 2.42. The summed E-state index contributed by atoms with van der Waals surface area (Å²) in [4.78, 5) is 4.26. The van der Waals surface area contributed by atoms with E-state index >= 15 is 0 Å². The van der Waals surface area contributed by atoms with Gasteiger partial charge in [0.1, 0.15) is 5.82 Å².